The van der Waals surface area contributed by atoms with Gasteiger partial charge in [-0.05, 0) is 18.2 Å². The van der Waals surface area contributed by atoms with Gasteiger partial charge in [-0.3, -0.25) is 4.79 Å². The standard InChI is InChI=1S/C13H13NO4/c1-9(15)14-7-3-4-10-8-11(13(17)18-2)5-6-12(10)16/h5-6,8,16H,7H2,1-2H3,(H,14,15). The second kappa shape index (κ2) is 6.30. The Hall–Kier alpha value is -2.48. The molecule has 0 radical (unpaired) electrons. The number of nitrogens with one attached hydrogen (secondary N) is 1. The van der Waals surface area contributed by atoms with E-state index in [4.69, 9.17) is 0 Å². The van der Waals surface area contributed by atoms with E-state index in [0.717, 1.165) is 0 Å². The summed E-state index contributed by atoms with van der Waals surface area (Å²) in [4.78, 5) is 21.9. The number of hydrogen-bond acceptors (Lipinski definition) is 4. The van der Waals surface area contributed by atoms with Gasteiger partial charge in [0.1, 0.15) is 5.75 Å². The highest BCUT2D eigenvalue weighted by Gasteiger charge is 2.07. The number of esters is 1. The molecule has 0 saturated heterocycles. The molecule has 0 bridgehead atoms. The van der Waals surface area contributed by atoms with Crippen LogP contribution in [0.4, 0.5) is 0 Å². The van der Waals surface area contributed by atoms with Crippen LogP contribution in [0.1, 0.15) is 22.8 Å². The Kier molecular flexibility index (Phi) is 4.76. The first-order valence-corrected chi connectivity index (χ1v) is 5.19. The number of amides is 1. The molecule has 0 unspecified atom stereocenters. The Labute approximate surface area is 105 Å². The normalized spacial score (nSPS) is 9.00. The van der Waals surface area contributed by atoms with Crippen molar-refractivity contribution in [3.05, 3.63) is 29.3 Å². The van der Waals surface area contributed by atoms with E-state index in [1.165, 1.54) is 32.2 Å². The number of phenols is 1. The molecule has 94 valence electrons. The molecule has 0 heterocycles. The molecular formula is C13H13NO4. The summed E-state index contributed by atoms with van der Waals surface area (Å²) in [6, 6.07) is 4.25. The first kappa shape index (κ1) is 13.6. The van der Waals surface area contributed by atoms with Crippen molar-refractivity contribution >= 4 is 11.9 Å². The highest BCUT2D eigenvalue weighted by atomic mass is 16.5. The lowest BCUT2D eigenvalue weighted by atomic mass is 10.1. The molecule has 1 aromatic rings. The van der Waals surface area contributed by atoms with Crippen molar-refractivity contribution < 1.29 is 19.4 Å². The lowest BCUT2D eigenvalue weighted by Gasteiger charge is -2.01. The van der Waals surface area contributed by atoms with Gasteiger partial charge in [0.2, 0.25) is 5.91 Å². The summed E-state index contributed by atoms with van der Waals surface area (Å²) in [7, 11) is 1.28. The first-order valence-electron chi connectivity index (χ1n) is 5.19. The van der Waals surface area contributed by atoms with Crippen LogP contribution >= 0.6 is 0 Å². The predicted octanol–water partition coefficient (Wildman–Crippen LogP) is 0.666. The zero-order valence-electron chi connectivity index (χ0n) is 10.1. The molecule has 0 saturated carbocycles. The lowest BCUT2D eigenvalue weighted by molar-refractivity contribution is -0.118. The molecule has 18 heavy (non-hydrogen) atoms. The quantitative estimate of drug-likeness (QED) is 0.595. The molecule has 0 fully saturated rings. The molecular weight excluding hydrogens is 234 g/mol. The van der Waals surface area contributed by atoms with Crippen LogP contribution in [-0.2, 0) is 9.53 Å². The lowest BCUT2D eigenvalue weighted by Crippen LogP contribution is -2.19. The second-order valence-corrected chi connectivity index (χ2v) is 3.44. The van der Waals surface area contributed by atoms with E-state index < -0.39 is 5.97 Å². The SMILES string of the molecule is COC(=O)c1ccc(O)c(C#CCNC(C)=O)c1. The maximum Gasteiger partial charge on any atom is 0.337 e. The van der Waals surface area contributed by atoms with Crippen LogP contribution in [0.5, 0.6) is 5.75 Å². The third-order valence-electron chi connectivity index (χ3n) is 2.07. The molecule has 1 rings (SSSR count). The van der Waals surface area contributed by atoms with Gasteiger partial charge in [0.25, 0.3) is 0 Å². The second-order valence-electron chi connectivity index (χ2n) is 3.44. The fourth-order valence-corrected chi connectivity index (χ4v) is 1.19. The highest BCUT2D eigenvalue weighted by Crippen LogP contribution is 2.17. The molecule has 0 aromatic heterocycles. The number of hydrogen-bond donors (Lipinski definition) is 2. The predicted molar refractivity (Wildman–Crippen MR) is 65.0 cm³/mol. The third-order valence-corrected chi connectivity index (χ3v) is 2.07. The van der Waals surface area contributed by atoms with E-state index in [0.29, 0.717) is 11.1 Å². The van der Waals surface area contributed by atoms with Crippen molar-refractivity contribution in [2.45, 2.75) is 6.92 Å². The summed E-state index contributed by atoms with van der Waals surface area (Å²) in [5.41, 5.74) is 0.613. The van der Waals surface area contributed by atoms with Crippen molar-refractivity contribution in [1.29, 1.82) is 0 Å². The Morgan fingerprint density at radius 1 is 1.44 bits per heavy atom. The van der Waals surface area contributed by atoms with Crippen molar-refractivity contribution in [3.63, 3.8) is 0 Å². The zero-order valence-corrected chi connectivity index (χ0v) is 10.1. The number of carbonyl (C=O) groups is 2. The minimum Gasteiger partial charge on any atom is -0.507 e. The molecule has 0 atom stereocenters. The van der Waals surface area contributed by atoms with E-state index in [2.05, 4.69) is 21.9 Å². The van der Waals surface area contributed by atoms with Gasteiger partial charge in [-0.25, -0.2) is 4.79 Å². The number of phenolic OH excluding ortho intramolecular Hbond substituents is 1. The fraction of sp³-hybridized carbons (Fsp3) is 0.231. The number of aromatic hydroxyl groups is 1. The van der Waals surface area contributed by atoms with Crippen molar-refractivity contribution in [2.24, 2.45) is 0 Å². The molecule has 0 aliphatic carbocycles. The van der Waals surface area contributed by atoms with Gasteiger partial charge in [0.05, 0.1) is 24.8 Å². The van der Waals surface area contributed by atoms with Gasteiger partial charge in [0.15, 0.2) is 0 Å². The Morgan fingerprint density at radius 2 is 2.17 bits per heavy atom. The average molecular weight is 247 g/mol. The molecule has 0 spiro atoms. The van der Waals surface area contributed by atoms with Crippen LogP contribution in [0.2, 0.25) is 0 Å². The number of rotatable bonds is 2. The number of methoxy groups -OCH3 is 1. The zero-order chi connectivity index (χ0) is 13.5. The highest BCUT2D eigenvalue weighted by molar-refractivity contribution is 5.90. The van der Waals surface area contributed by atoms with Crippen LogP contribution in [0.3, 0.4) is 0 Å². The monoisotopic (exact) mass is 247 g/mol. The summed E-state index contributed by atoms with van der Waals surface area (Å²) in [6.07, 6.45) is 0. The molecule has 5 nitrogen and oxygen atoms in total. The van der Waals surface area contributed by atoms with Gasteiger partial charge in [-0.15, -0.1) is 0 Å². The summed E-state index contributed by atoms with van der Waals surface area (Å²) in [6.45, 7) is 1.56. The first-order chi connectivity index (χ1) is 8.54. The van der Waals surface area contributed by atoms with E-state index in [1.807, 2.05) is 0 Å². The smallest absolute Gasteiger partial charge is 0.337 e. The van der Waals surface area contributed by atoms with E-state index >= 15 is 0 Å². The molecule has 0 aliphatic rings. The van der Waals surface area contributed by atoms with Gasteiger partial charge in [-0.2, -0.15) is 0 Å². The maximum absolute atomic E-state index is 11.3. The largest absolute Gasteiger partial charge is 0.507 e. The minimum absolute atomic E-state index is 0.0296. The number of benzene rings is 1. The van der Waals surface area contributed by atoms with Crippen molar-refractivity contribution in [2.75, 3.05) is 13.7 Å². The summed E-state index contributed by atoms with van der Waals surface area (Å²) >= 11 is 0. The summed E-state index contributed by atoms with van der Waals surface area (Å²) in [5.74, 6) is 4.62. The Morgan fingerprint density at radius 3 is 2.78 bits per heavy atom. The van der Waals surface area contributed by atoms with Crippen molar-refractivity contribution in [3.8, 4) is 17.6 Å². The van der Waals surface area contributed by atoms with Crippen molar-refractivity contribution in [1.82, 2.24) is 5.32 Å². The van der Waals surface area contributed by atoms with E-state index in [1.54, 1.807) is 0 Å². The van der Waals surface area contributed by atoms with Gasteiger partial charge >= 0.3 is 5.97 Å². The molecule has 0 aliphatic heterocycles. The third kappa shape index (κ3) is 3.83. The molecule has 5 heteroatoms. The Bertz CT molecular complexity index is 526. The van der Waals surface area contributed by atoms with Crippen LogP contribution < -0.4 is 5.32 Å². The molecule has 2 N–H and O–H groups in total. The van der Waals surface area contributed by atoms with Crippen LogP contribution in [0.15, 0.2) is 18.2 Å². The maximum atomic E-state index is 11.3. The summed E-state index contributed by atoms with van der Waals surface area (Å²) in [5, 5.41) is 12.1. The number of carbonyl (C=O) groups excluding carboxylic acids is 2. The van der Waals surface area contributed by atoms with Crippen LogP contribution in [0, 0.1) is 11.8 Å². The van der Waals surface area contributed by atoms with Gasteiger partial charge < -0.3 is 15.2 Å². The van der Waals surface area contributed by atoms with Crippen LogP contribution in [-0.4, -0.2) is 30.6 Å². The van der Waals surface area contributed by atoms with E-state index in [9.17, 15) is 14.7 Å². The average Bonchev–Trinajstić information content (AvgIpc) is 2.35. The summed E-state index contributed by atoms with van der Waals surface area (Å²) < 4.78 is 4.56. The van der Waals surface area contributed by atoms with E-state index in [-0.39, 0.29) is 18.2 Å². The van der Waals surface area contributed by atoms with Gasteiger partial charge in [-0.1, -0.05) is 11.8 Å². The molecule has 1 amide bonds. The van der Waals surface area contributed by atoms with Crippen LogP contribution in [0.25, 0.3) is 0 Å². The fourth-order valence-electron chi connectivity index (χ4n) is 1.19. The minimum atomic E-state index is -0.500. The topological polar surface area (TPSA) is 75.6 Å². The number of ether oxygens (including phenoxy) is 1. The Balaban J connectivity index is 2.87. The van der Waals surface area contributed by atoms with Gasteiger partial charge in [0, 0.05) is 6.92 Å². The molecule has 1 aromatic carbocycles.